The summed E-state index contributed by atoms with van der Waals surface area (Å²) in [6, 6.07) is 0.910. The lowest BCUT2D eigenvalue weighted by Crippen LogP contribution is -2.59. The molecule has 17 heavy (non-hydrogen) atoms. The van der Waals surface area contributed by atoms with Crippen molar-refractivity contribution in [1.29, 1.82) is 0 Å². The fourth-order valence-corrected chi connectivity index (χ4v) is 3.79. The van der Waals surface area contributed by atoms with Crippen LogP contribution in [-0.4, -0.2) is 54.1 Å². The molecule has 0 atom stereocenters. The lowest BCUT2D eigenvalue weighted by Gasteiger charge is -2.45. The summed E-state index contributed by atoms with van der Waals surface area (Å²) in [5.74, 6) is 0. The van der Waals surface area contributed by atoms with Crippen molar-refractivity contribution in [2.75, 3.05) is 32.7 Å². The topological polar surface area (TPSA) is 32.5 Å². The number of hydrogen-bond acceptors (Lipinski definition) is 3. The van der Waals surface area contributed by atoms with Crippen molar-refractivity contribution in [2.24, 2.45) is 5.73 Å². The van der Waals surface area contributed by atoms with E-state index in [-0.39, 0.29) is 5.54 Å². The normalized spacial score (nSPS) is 31.6. The highest BCUT2D eigenvalue weighted by molar-refractivity contribution is 4.96. The standard InChI is InChI=1S/C14H27N3/c15-14(6-3-7-14)12-16-8-10-17(11-9-16)13-4-1-2-5-13/h13H,1-12,15H2. The summed E-state index contributed by atoms with van der Waals surface area (Å²) < 4.78 is 0. The van der Waals surface area contributed by atoms with Crippen LogP contribution in [0, 0.1) is 0 Å². The summed E-state index contributed by atoms with van der Waals surface area (Å²) in [7, 11) is 0. The van der Waals surface area contributed by atoms with Gasteiger partial charge in [-0.05, 0) is 32.1 Å². The fourth-order valence-electron chi connectivity index (χ4n) is 3.79. The Morgan fingerprint density at radius 3 is 2.12 bits per heavy atom. The minimum Gasteiger partial charge on any atom is -0.324 e. The van der Waals surface area contributed by atoms with Gasteiger partial charge in [-0.3, -0.25) is 9.80 Å². The molecule has 2 saturated carbocycles. The minimum absolute atomic E-state index is 0.176. The molecule has 1 heterocycles. The van der Waals surface area contributed by atoms with E-state index in [9.17, 15) is 0 Å². The molecule has 0 spiro atoms. The van der Waals surface area contributed by atoms with Crippen LogP contribution in [0.3, 0.4) is 0 Å². The first-order valence-corrected chi connectivity index (χ1v) is 7.51. The molecule has 0 aromatic carbocycles. The highest BCUT2D eigenvalue weighted by atomic mass is 15.3. The van der Waals surface area contributed by atoms with E-state index in [4.69, 9.17) is 5.73 Å². The monoisotopic (exact) mass is 237 g/mol. The van der Waals surface area contributed by atoms with Crippen LogP contribution in [-0.2, 0) is 0 Å². The molecule has 1 aliphatic heterocycles. The van der Waals surface area contributed by atoms with Crippen molar-refractivity contribution in [3.63, 3.8) is 0 Å². The van der Waals surface area contributed by atoms with Gasteiger partial charge in [0.05, 0.1) is 0 Å². The van der Waals surface area contributed by atoms with Gasteiger partial charge in [-0.15, -0.1) is 0 Å². The third kappa shape index (κ3) is 2.67. The van der Waals surface area contributed by atoms with Crippen molar-refractivity contribution in [3.8, 4) is 0 Å². The van der Waals surface area contributed by atoms with Crippen molar-refractivity contribution in [1.82, 2.24) is 9.80 Å². The highest BCUT2D eigenvalue weighted by Gasteiger charge is 2.35. The lowest BCUT2D eigenvalue weighted by molar-refractivity contribution is 0.0663. The zero-order chi connectivity index (χ0) is 11.7. The predicted molar refractivity (Wildman–Crippen MR) is 71.0 cm³/mol. The number of hydrogen-bond donors (Lipinski definition) is 1. The zero-order valence-electron chi connectivity index (χ0n) is 11.0. The average molecular weight is 237 g/mol. The van der Waals surface area contributed by atoms with Gasteiger partial charge in [0, 0.05) is 44.3 Å². The molecular weight excluding hydrogens is 210 g/mol. The Kier molecular flexibility index (Phi) is 3.42. The Balaban J connectivity index is 1.43. The Bertz CT molecular complexity index is 248. The quantitative estimate of drug-likeness (QED) is 0.806. The van der Waals surface area contributed by atoms with Crippen LogP contribution in [0.4, 0.5) is 0 Å². The molecule has 0 unspecified atom stereocenters. The van der Waals surface area contributed by atoms with E-state index >= 15 is 0 Å². The summed E-state index contributed by atoms with van der Waals surface area (Å²) >= 11 is 0. The zero-order valence-corrected chi connectivity index (χ0v) is 11.0. The molecule has 3 heteroatoms. The molecule has 98 valence electrons. The first-order valence-electron chi connectivity index (χ1n) is 7.51. The van der Waals surface area contributed by atoms with Gasteiger partial charge in [-0.1, -0.05) is 12.8 Å². The van der Waals surface area contributed by atoms with Crippen molar-refractivity contribution >= 4 is 0 Å². The summed E-state index contributed by atoms with van der Waals surface area (Å²) in [6.45, 7) is 6.19. The maximum Gasteiger partial charge on any atom is 0.0283 e. The number of rotatable bonds is 3. The van der Waals surface area contributed by atoms with Crippen LogP contribution in [0.2, 0.25) is 0 Å². The third-order valence-electron chi connectivity index (χ3n) is 5.14. The lowest BCUT2D eigenvalue weighted by atomic mass is 9.77. The molecule has 2 aliphatic carbocycles. The Morgan fingerprint density at radius 2 is 1.59 bits per heavy atom. The van der Waals surface area contributed by atoms with Crippen molar-refractivity contribution in [2.45, 2.75) is 56.5 Å². The maximum absolute atomic E-state index is 6.34. The van der Waals surface area contributed by atoms with Gasteiger partial charge >= 0.3 is 0 Å². The molecule has 1 saturated heterocycles. The Morgan fingerprint density at radius 1 is 0.941 bits per heavy atom. The van der Waals surface area contributed by atoms with E-state index < -0.39 is 0 Å². The fraction of sp³-hybridized carbons (Fsp3) is 1.00. The number of nitrogens with two attached hydrogens (primary N) is 1. The second-order valence-corrected chi connectivity index (χ2v) is 6.47. The molecule has 3 aliphatic rings. The van der Waals surface area contributed by atoms with Crippen LogP contribution in [0.15, 0.2) is 0 Å². The van der Waals surface area contributed by atoms with Gasteiger partial charge < -0.3 is 5.73 Å². The van der Waals surface area contributed by atoms with Gasteiger partial charge in [0.25, 0.3) is 0 Å². The molecule has 3 rings (SSSR count). The van der Waals surface area contributed by atoms with Crippen molar-refractivity contribution in [3.05, 3.63) is 0 Å². The van der Waals surface area contributed by atoms with E-state index in [2.05, 4.69) is 9.80 Å². The molecule has 0 radical (unpaired) electrons. The third-order valence-corrected chi connectivity index (χ3v) is 5.14. The molecule has 3 fully saturated rings. The largest absolute Gasteiger partial charge is 0.324 e. The van der Waals surface area contributed by atoms with E-state index in [1.54, 1.807) is 0 Å². The van der Waals surface area contributed by atoms with E-state index in [0.29, 0.717) is 0 Å². The summed E-state index contributed by atoms with van der Waals surface area (Å²) in [6.07, 6.45) is 9.64. The van der Waals surface area contributed by atoms with Gasteiger partial charge in [-0.2, -0.15) is 0 Å². The minimum atomic E-state index is 0.176. The molecule has 0 bridgehead atoms. The van der Waals surface area contributed by atoms with Crippen LogP contribution in [0.25, 0.3) is 0 Å². The second-order valence-electron chi connectivity index (χ2n) is 6.47. The first kappa shape index (κ1) is 11.9. The second kappa shape index (κ2) is 4.87. The SMILES string of the molecule is NC1(CN2CCN(C3CCCC3)CC2)CCC1. The van der Waals surface area contributed by atoms with Gasteiger partial charge in [0.1, 0.15) is 0 Å². The van der Waals surface area contributed by atoms with Gasteiger partial charge in [0.2, 0.25) is 0 Å². The summed E-state index contributed by atoms with van der Waals surface area (Å²) in [4.78, 5) is 5.33. The predicted octanol–water partition coefficient (Wildman–Crippen LogP) is 1.43. The first-order chi connectivity index (χ1) is 8.25. The highest BCUT2D eigenvalue weighted by Crippen LogP contribution is 2.30. The summed E-state index contributed by atoms with van der Waals surface area (Å²) in [5, 5.41) is 0. The number of nitrogens with zero attached hydrogens (tertiary/aromatic N) is 2. The molecule has 0 aromatic rings. The number of piperazine rings is 1. The van der Waals surface area contributed by atoms with E-state index in [1.165, 1.54) is 71.1 Å². The van der Waals surface area contributed by atoms with Crippen LogP contribution >= 0.6 is 0 Å². The Hall–Kier alpha value is -0.120. The summed E-state index contributed by atoms with van der Waals surface area (Å²) in [5.41, 5.74) is 6.51. The van der Waals surface area contributed by atoms with E-state index in [1.807, 2.05) is 0 Å². The molecule has 0 amide bonds. The average Bonchev–Trinajstić information content (AvgIpc) is 2.81. The van der Waals surface area contributed by atoms with Crippen molar-refractivity contribution < 1.29 is 0 Å². The molecule has 3 nitrogen and oxygen atoms in total. The van der Waals surface area contributed by atoms with E-state index in [0.717, 1.165) is 12.6 Å². The molecular formula is C14H27N3. The van der Waals surface area contributed by atoms with Gasteiger partial charge in [-0.25, -0.2) is 0 Å². The van der Waals surface area contributed by atoms with Crippen LogP contribution in [0.5, 0.6) is 0 Å². The van der Waals surface area contributed by atoms with Crippen LogP contribution in [0.1, 0.15) is 44.9 Å². The molecule has 0 aromatic heterocycles. The van der Waals surface area contributed by atoms with Gasteiger partial charge in [0.15, 0.2) is 0 Å². The smallest absolute Gasteiger partial charge is 0.0283 e. The maximum atomic E-state index is 6.34. The van der Waals surface area contributed by atoms with Crippen LogP contribution < -0.4 is 5.73 Å². The Labute approximate surface area is 105 Å². The molecule has 2 N–H and O–H groups in total.